The molecule has 1 aliphatic heterocycles. The number of likely N-dealkylation sites (tertiary alicyclic amines) is 1. The molecule has 1 atom stereocenters. The molecule has 1 amide bonds. The van der Waals surface area contributed by atoms with Gasteiger partial charge in [-0.3, -0.25) is 4.79 Å². The Labute approximate surface area is 120 Å². The van der Waals surface area contributed by atoms with Crippen molar-refractivity contribution < 1.29 is 9.53 Å². The highest BCUT2D eigenvalue weighted by molar-refractivity contribution is 5.78. The summed E-state index contributed by atoms with van der Waals surface area (Å²) >= 11 is 0. The third-order valence-electron chi connectivity index (χ3n) is 3.79. The van der Waals surface area contributed by atoms with Gasteiger partial charge in [0, 0.05) is 19.1 Å². The molecule has 1 aromatic carbocycles. The first kappa shape index (κ1) is 14.9. The van der Waals surface area contributed by atoms with E-state index in [-0.39, 0.29) is 18.6 Å². The van der Waals surface area contributed by atoms with Crippen LogP contribution < -0.4 is 10.5 Å². The van der Waals surface area contributed by atoms with E-state index in [2.05, 4.69) is 6.92 Å². The monoisotopic (exact) mass is 276 g/mol. The quantitative estimate of drug-likeness (QED) is 0.864. The van der Waals surface area contributed by atoms with Gasteiger partial charge >= 0.3 is 0 Å². The topological polar surface area (TPSA) is 55.6 Å². The Bertz CT molecular complexity index is 442. The first-order valence-electron chi connectivity index (χ1n) is 7.44. The van der Waals surface area contributed by atoms with Gasteiger partial charge in [-0.05, 0) is 37.3 Å². The van der Waals surface area contributed by atoms with Crippen molar-refractivity contribution in [1.29, 1.82) is 0 Å². The molecule has 2 N–H and O–H groups in total. The Balaban J connectivity index is 1.93. The second kappa shape index (κ2) is 7.29. The number of rotatable bonds is 6. The summed E-state index contributed by atoms with van der Waals surface area (Å²) in [5, 5.41) is 0. The number of nitrogens with two attached hydrogens (primary N) is 1. The van der Waals surface area contributed by atoms with Crippen LogP contribution in [0, 0.1) is 0 Å². The molecule has 0 aromatic heterocycles. The van der Waals surface area contributed by atoms with E-state index in [9.17, 15) is 4.79 Å². The van der Waals surface area contributed by atoms with Gasteiger partial charge < -0.3 is 15.4 Å². The summed E-state index contributed by atoms with van der Waals surface area (Å²) in [5.41, 5.74) is 7.08. The summed E-state index contributed by atoms with van der Waals surface area (Å²) in [7, 11) is 0. The Morgan fingerprint density at radius 2 is 2.05 bits per heavy atom. The number of hydrogen-bond donors (Lipinski definition) is 1. The third-order valence-corrected chi connectivity index (χ3v) is 3.79. The standard InChI is InChI=1S/C16H24N2O2/c1-2-14(17)11-13-7-3-4-8-15(13)20-12-16(19)18-9-5-6-10-18/h3-4,7-8,14H,2,5-6,9-12,17H2,1H3. The van der Waals surface area contributed by atoms with Crippen molar-refractivity contribution in [3.63, 3.8) is 0 Å². The first-order valence-corrected chi connectivity index (χ1v) is 7.44. The van der Waals surface area contributed by atoms with Gasteiger partial charge in [0.25, 0.3) is 5.91 Å². The maximum atomic E-state index is 12.0. The zero-order chi connectivity index (χ0) is 14.4. The second-order valence-corrected chi connectivity index (χ2v) is 5.36. The van der Waals surface area contributed by atoms with Crippen molar-refractivity contribution in [2.75, 3.05) is 19.7 Å². The summed E-state index contributed by atoms with van der Waals surface area (Å²) in [6.07, 6.45) is 3.92. The zero-order valence-electron chi connectivity index (χ0n) is 12.2. The minimum atomic E-state index is 0.0806. The van der Waals surface area contributed by atoms with Crippen LogP contribution in [0.5, 0.6) is 5.75 Å². The minimum absolute atomic E-state index is 0.0806. The Morgan fingerprint density at radius 3 is 2.75 bits per heavy atom. The highest BCUT2D eigenvalue weighted by Crippen LogP contribution is 2.20. The molecule has 1 heterocycles. The van der Waals surface area contributed by atoms with Crippen LogP contribution in [0.3, 0.4) is 0 Å². The van der Waals surface area contributed by atoms with Crippen LogP contribution in [-0.4, -0.2) is 36.5 Å². The molecular weight excluding hydrogens is 252 g/mol. The number of ether oxygens (including phenoxy) is 1. The van der Waals surface area contributed by atoms with E-state index in [4.69, 9.17) is 10.5 Å². The zero-order valence-corrected chi connectivity index (χ0v) is 12.2. The van der Waals surface area contributed by atoms with E-state index in [0.29, 0.717) is 0 Å². The van der Waals surface area contributed by atoms with E-state index < -0.39 is 0 Å². The molecule has 1 unspecified atom stereocenters. The predicted octanol–water partition coefficient (Wildman–Crippen LogP) is 1.97. The molecule has 1 fully saturated rings. The summed E-state index contributed by atoms with van der Waals surface area (Å²) in [6.45, 7) is 3.93. The molecule has 0 bridgehead atoms. The molecule has 4 heteroatoms. The highest BCUT2D eigenvalue weighted by Gasteiger charge is 2.18. The molecular formula is C16H24N2O2. The Morgan fingerprint density at radius 1 is 1.35 bits per heavy atom. The normalized spacial score (nSPS) is 16.2. The van der Waals surface area contributed by atoms with Crippen molar-refractivity contribution in [3.8, 4) is 5.75 Å². The summed E-state index contributed by atoms with van der Waals surface area (Å²) in [5.74, 6) is 0.862. The third kappa shape index (κ3) is 3.97. The van der Waals surface area contributed by atoms with Crippen LogP contribution in [0.1, 0.15) is 31.7 Å². The van der Waals surface area contributed by atoms with Crippen LogP contribution in [0.25, 0.3) is 0 Å². The molecule has 20 heavy (non-hydrogen) atoms. The van der Waals surface area contributed by atoms with Crippen LogP contribution in [0.15, 0.2) is 24.3 Å². The molecule has 0 aliphatic carbocycles. The molecule has 1 aliphatic rings. The lowest BCUT2D eigenvalue weighted by Gasteiger charge is -2.17. The number of para-hydroxylation sites is 1. The molecule has 4 nitrogen and oxygen atoms in total. The fourth-order valence-electron chi connectivity index (χ4n) is 2.44. The molecule has 0 radical (unpaired) electrons. The van der Waals surface area contributed by atoms with Gasteiger partial charge in [-0.1, -0.05) is 25.1 Å². The van der Waals surface area contributed by atoms with Gasteiger partial charge in [-0.25, -0.2) is 0 Å². The number of nitrogens with zero attached hydrogens (tertiary/aromatic N) is 1. The molecule has 1 saturated heterocycles. The van der Waals surface area contributed by atoms with E-state index in [1.807, 2.05) is 29.2 Å². The first-order chi connectivity index (χ1) is 9.70. The smallest absolute Gasteiger partial charge is 0.260 e. The largest absolute Gasteiger partial charge is 0.483 e. The van der Waals surface area contributed by atoms with E-state index in [1.54, 1.807) is 0 Å². The van der Waals surface area contributed by atoms with E-state index in [1.165, 1.54) is 0 Å². The van der Waals surface area contributed by atoms with Crippen molar-refractivity contribution in [2.45, 2.75) is 38.6 Å². The lowest BCUT2D eigenvalue weighted by atomic mass is 10.0. The fourth-order valence-corrected chi connectivity index (χ4v) is 2.44. The fraction of sp³-hybridized carbons (Fsp3) is 0.562. The Hall–Kier alpha value is -1.55. The van der Waals surface area contributed by atoms with Crippen molar-refractivity contribution in [1.82, 2.24) is 4.90 Å². The average Bonchev–Trinajstić information content (AvgIpc) is 3.00. The van der Waals surface area contributed by atoms with Crippen molar-refractivity contribution in [2.24, 2.45) is 5.73 Å². The van der Waals surface area contributed by atoms with Crippen LogP contribution in [0.4, 0.5) is 0 Å². The van der Waals surface area contributed by atoms with Gasteiger partial charge in [0.15, 0.2) is 6.61 Å². The Kier molecular flexibility index (Phi) is 5.41. The van der Waals surface area contributed by atoms with Gasteiger partial charge in [0.05, 0.1) is 0 Å². The van der Waals surface area contributed by atoms with E-state index >= 15 is 0 Å². The molecule has 0 spiro atoms. The van der Waals surface area contributed by atoms with Gasteiger partial charge in [0.2, 0.25) is 0 Å². The van der Waals surface area contributed by atoms with Crippen LogP contribution in [-0.2, 0) is 11.2 Å². The minimum Gasteiger partial charge on any atom is -0.483 e. The number of hydrogen-bond acceptors (Lipinski definition) is 3. The number of carbonyl (C=O) groups is 1. The van der Waals surface area contributed by atoms with Crippen molar-refractivity contribution >= 4 is 5.91 Å². The number of amides is 1. The number of carbonyl (C=O) groups excluding carboxylic acids is 1. The molecule has 110 valence electrons. The average molecular weight is 276 g/mol. The summed E-state index contributed by atoms with van der Waals surface area (Å²) in [6, 6.07) is 7.97. The molecule has 2 rings (SSSR count). The second-order valence-electron chi connectivity index (χ2n) is 5.36. The SMILES string of the molecule is CCC(N)Cc1ccccc1OCC(=O)N1CCCC1. The summed E-state index contributed by atoms with van der Waals surface area (Å²) < 4.78 is 5.71. The van der Waals surface area contributed by atoms with E-state index in [0.717, 1.165) is 50.1 Å². The molecule has 0 saturated carbocycles. The van der Waals surface area contributed by atoms with Gasteiger partial charge in [-0.2, -0.15) is 0 Å². The lowest BCUT2D eigenvalue weighted by molar-refractivity contribution is -0.132. The highest BCUT2D eigenvalue weighted by atomic mass is 16.5. The van der Waals surface area contributed by atoms with Crippen molar-refractivity contribution in [3.05, 3.63) is 29.8 Å². The van der Waals surface area contributed by atoms with Crippen LogP contribution in [0.2, 0.25) is 0 Å². The summed E-state index contributed by atoms with van der Waals surface area (Å²) in [4.78, 5) is 13.9. The molecule has 1 aromatic rings. The predicted molar refractivity (Wildman–Crippen MR) is 79.7 cm³/mol. The van der Waals surface area contributed by atoms with Gasteiger partial charge in [-0.15, -0.1) is 0 Å². The lowest BCUT2D eigenvalue weighted by Crippen LogP contribution is -2.32. The number of benzene rings is 1. The van der Waals surface area contributed by atoms with Crippen LogP contribution >= 0.6 is 0 Å². The maximum Gasteiger partial charge on any atom is 0.260 e. The van der Waals surface area contributed by atoms with Gasteiger partial charge in [0.1, 0.15) is 5.75 Å². The maximum absolute atomic E-state index is 12.0.